The fourth-order valence-corrected chi connectivity index (χ4v) is 4.25. The number of thiophene rings is 1. The van der Waals surface area contributed by atoms with E-state index in [0.717, 1.165) is 10.0 Å². The second-order valence-corrected chi connectivity index (χ2v) is 8.30. The van der Waals surface area contributed by atoms with Crippen LogP contribution >= 0.6 is 50.5 Å². The normalized spacial score (nSPS) is 10.6. The van der Waals surface area contributed by atoms with Gasteiger partial charge in [0.05, 0.1) is 17.2 Å². The summed E-state index contributed by atoms with van der Waals surface area (Å²) in [4.78, 5) is 25.3. The zero-order valence-electron chi connectivity index (χ0n) is 14.6. The minimum atomic E-state index is -0.501. The molecule has 0 aliphatic heterocycles. The van der Waals surface area contributed by atoms with E-state index in [1.54, 1.807) is 13.0 Å². The van der Waals surface area contributed by atoms with Crippen LogP contribution < -0.4 is 5.32 Å². The van der Waals surface area contributed by atoms with Crippen molar-refractivity contribution >= 4 is 67.3 Å². The van der Waals surface area contributed by atoms with Crippen LogP contribution in [-0.4, -0.2) is 18.5 Å². The lowest BCUT2D eigenvalue weighted by Gasteiger charge is -2.10. The monoisotopic (exact) mass is 497 g/mol. The van der Waals surface area contributed by atoms with Crippen LogP contribution in [0.5, 0.6) is 0 Å². The number of benzene rings is 2. The highest BCUT2D eigenvalue weighted by Crippen LogP contribution is 2.37. The number of amides is 1. The highest BCUT2D eigenvalue weighted by Gasteiger charge is 2.23. The number of ether oxygens (including phenoxy) is 1. The molecule has 0 aliphatic carbocycles. The van der Waals surface area contributed by atoms with Crippen molar-refractivity contribution in [2.24, 2.45) is 0 Å². The number of carbonyl (C=O) groups excluding carboxylic acids is 2. The number of anilines is 1. The standard InChI is InChI=1S/C20H14BrCl2NO3S/c1-2-27-20(26)17-15(11-3-5-12(21)6-4-11)10-28-19(17)24-18(25)14-8-7-13(22)9-16(14)23/h3-10H,2H2,1H3,(H,24,25). The van der Waals surface area contributed by atoms with E-state index in [9.17, 15) is 9.59 Å². The van der Waals surface area contributed by atoms with Crippen molar-refractivity contribution < 1.29 is 14.3 Å². The summed E-state index contributed by atoms with van der Waals surface area (Å²) in [6, 6.07) is 12.1. The molecule has 0 fully saturated rings. The molecule has 3 aromatic rings. The quantitative estimate of drug-likeness (QED) is 0.388. The average Bonchev–Trinajstić information content (AvgIpc) is 3.06. The highest BCUT2D eigenvalue weighted by molar-refractivity contribution is 9.10. The van der Waals surface area contributed by atoms with Crippen molar-refractivity contribution in [2.75, 3.05) is 11.9 Å². The average molecular weight is 499 g/mol. The maximum absolute atomic E-state index is 12.7. The number of hydrogen-bond acceptors (Lipinski definition) is 4. The fraction of sp³-hybridized carbons (Fsp3) is 0.100. The van der Waals surface area contributed by atoms with E-state index < -0.39 is 11.9 Å². The summed E-state index contributed by atoms with van der Waals surface area (Å²) in [6.45, 7) is 1.96. The molecule has 0 saturated carbocycles. The van der Waals surface area contributed by atoms with Gasteiger partial charge in [-0.15, -0.1) is 11.3 Å². The van der Waals surface area contributed by atoms with E-state index in [1.165, 1.54) is 23.5 Å². The molecular weight excluding hydrogens is 485 g/mol. The number of nitrogens with one attached hydrogen (secondary N) is 1. The lowest BCUT2D eigenvalue weighted by atomic mass is 10.0. The Morgan fingerprint density at radius 1 is 1.14 bits per heavy atom. The van der Waals surface area contributed by atoms with Gasteiger partial charge in [-0.25, -0.2) is 4.79 Å². The first-order chi connectivity index (χ1) is 13.4. The SMILES string of the molecule is CCOC(=O)c1c(-c2ccc(Br)cc2)csc1NC(=O)c1ccc(Cl)cc1Cl. The van der Waals surface area contributed by atoms with Crippen LogP contribution in [-0.2, 0) is 4.74 Å². The predicted molar refractivity (Wildman–Crippen MR) is 118 cm³/mol. The lowest BCUT2D eigenvalue weighted by Crippen LogP contribution is -2.15. The zero-order chi connectivity index (χ0) is 20.3. The number of halogens is 3. The first-order valence-electron chi connectivity index (χ1n) is 8.21. The van der Waals surface area contributed by atoms with Gasteiger partial charge in [-0.1, -0.05) is 51.3 Å². The second kappa shape index (κ2) is 9.09. The molecule has 0 atom stereocenters. The van der Waals surface area contributed by atoms with Gasteiger partial charge in [0.15, 0.2) is 0 Å². The van der Waals surface area contributed by atoms with Crippen LogP contribution in [0.4, 0.5) is 5.00 Å². The lowest BCUT2D eigenvalue weighted by molar-refractivity contribution is 0.0529. The molecule has 0 spiro atoms. The summed E-state index contributed by atoms with van der Waals surface area (Å²) < 4.78 is 6.13. The van der Waals surface area contributed by atoms with Gasteiger partial charge in [-0.3, -0.25) is 4.79 Å². The summed E-state index contributed by atoms with van der Waals surface area (Å²) in [7, 11) is 0. The van der Waals surface area contributed by atoms with Crippen LogP contribution in [0.2, 0.25) is 10.0 Å². The fourth-order valence-electron chi connectivity index (χ4n) is 2.54. The first kappa shape index (κ1) is 20.9. The molecule has 0 bridgehead atoms. The molecule has 1 amide bonds. The van der Waals surface area contributed by atoms with E-state index in [0.29, 0.717) is 21.2 Å². The molecule has 1 N–H and O–H groups in total. The van der Waals surface area contributed by atoms with E-state index in [4.69, 9.17) is 27.9 Å². The van der Waals surface area contributed by atoms with Gasteiger partial charge in [0.1, 0.15) is 10.6 Å². The van der Waals surface area contributed by atoms with Gasteiger partial charge in [0, 0.05) is 20.4 Å². The van der Waals surface area contributed by atoms with Crippen molar-refractivity contribution in [2.45, 2.75) is 6.92 Å². The van der Waals surface area contributed by atoms with Gasteiger partial charge in [0.2, 0.25) is 0 Å². The minimum absolute atomic E-state index is 0.227. The third kappa shape index (κ3) is 4.58. The Kier molecular flexibility index (Phi) is 6.78. The molecule has 3 rings (SSSR count). The molecule has 0 aliphatic rings. The van der Waals surface area contributed by atoms with Gasteiger partial charge in [-0.2, -0.15) is 0 Å². The van der Waals surface area contributed by atoms with Gasteiger partial charge >= 0.3 is 5.97 Å². The third-order valence-electron chi connectivity index (χ3n) is 3.83. The van der Waals surface area contributed by atoms with Crippen molar-refractivity contribution in [1.29, 1.82) is 0 Å². The molecule has 8 heteroatoms. The Bertz CT molecular complexity index is 1030. The Morgan fingerprint density at radius 3 is 2.50 bits per heavy atom. The summed E-state index contributed by atoms with van der Waals surface area (Å²) >= 11 is 16.7. The summed E-state index contributed by atoms with van der Waals surface area (Å²) in [5.41, 5.74) is 2.10. The zero-order valence-corrected chi connectivity index (χ0v) is 18.5. The van der Waals surface area contributed by atoms with E-state index in [1.807, 2.05) is 29.6 Å². The Balaban J connectivity index is 1.99. The van der Waals surface area contributed by atoms with Crippen molar-refractivity contribution in [1.82, 2.24) is 0 Å². The molecule has 144 valence electrons. The van der Waals surface area contributed by atoms with E-state index in [2.05, 4.69) is 21.2 Å². The van der Waals surface area contributed by atoms with E-state index in [-0.39, 0.29) is 17.2 Å². The largest absolute Gasteiger partial charge is 0.462 e. The van der Waals surface area contributed by atoms with Gasteiger partial charge in [0.25, 0.3) is 5.91 Å². The Morgan fingerprint density at radius 2 is 1.86 bits per heavy atom. The topological polar surface area (TPSA) is 55.4 Å². The minimum Gasteiger partial charge on any atom is -0.462 e. The summed E-state index contributed by atoms with van der Waals surface area (Å²) in [5.74, 6) is -0.935. The first-order valence-corrected chi connectivity index (χ1v) is 10.6. The number of esters is 1. The maximum atomic E-state index is 12.7. The van der Waals surface area contributed by atoms with Crippen molar-refractivity contribution in [3.8, 4) is 11.1 Å². The van der Waals surface area contributed by atoms with E-state index >= 15 is 0 Å². The second-order valence-electron chi connectivity index (χ2n) is 5.66. The number of carbonyl (C=O) groups is 2. The van der Waals surface area contributed by atoms with Crippen LogP contribution in [0.15, 0.2) is 52.3 Å². The number of rotatable bonds is 5. The smallest absolute Gasteiger partial charge is 0.341 e. The van der Waals surface area contributed by atoms with Crippen LogP contribution in [0, 0.1) is 0 Å². The molecule has 4 nitrogen and oxygen atoms in total. The van der Waals surface area contributed by atoms with Gasteiger partial charge < -0.3 is 10.1 Å². The predicted octanol–water partition coefficient (Wildman–Crippen LogP) is 6.91. The molecule has 1 aromatic heterocycles. The third-order valence-corrected chi connectivity index (χ3v) is 5.80. The van der Waals surface area contributed by atoms with Crippen molar-refractivity contribution in [3.63, 3.8) is 0 Å². The molecular formula is C20H14BrCl2NO3S. The Labute approximate surface area is 184 Å². The molecule has 2 aromatic carbocycles. The summed E-state index contributed by atoms with van der Waals surface area (Å²) in [6.07, 6.45) is 0. The molecule has 28 heavy (non-hydrogen) atoms. The van der Waals surface area contributed by atoms with Gasteiger partial charge in [-0.05, 0) is 42.8 Å². The molecule has 0 saturated heterocycles. The van der Waals surface area contributed by atoms with Crippen molar-refractivity contribution in [3.05, 3.63) is 73.5 Å². The maximum Gasteiger partial charge on any atom is 0.341 e. The molecule has 0 unspecified atom stereocenters. The highest BCUT2D eigenvalue weighted by atomic mass is 79.9. The van der Waals surface area contributed by atoms with Crippen LogP contribution in [0.3, 0.4) is 0 Å². The summed E-state index contributed by atoms with van der Waals surface area (Å²) in [5, 5.41) is 5.64. The molecule has 1 heterocycles. The van der Waals surface area contributed by atoms with Crippen LogP contribution in [0.1, 0.15) is 27.6 Å². The molecule has 0 radical (unpaired) electrons. The number of hydrogen-bond donors (Lipinski definition) is 1. The van der Waals surface area contributed by atoms with Crippen LogP contribution in [0.25, 0.3) is 11.1 Å². The Hall–Kier alpha value is -1.86.